The summed E-state index contributed by atoms with van der Waals surface area (Å²) >= 11 is 0. The number of hydrogen-bond acceptors (Lipinski definition) is 4. The van der Waals surface area contributed by atoms with Gasteiger partial charge in [-0.2, -0.15) is 0 Å². The SMILES string of the molecule is COc1ccc(-c2nc3ccccc3o2)cc1NC(=O)c1ccccc1. The van der Waals surface area contributed by atoms with E-state index in [-0.39, 0.29) is 5.91 Å². The molecular formula is C21H16N2O3. The first-order valence-corrected chi connectivity index (χ1v) is 8.15. The number of hydrogen-bond donors (Lipinski definition) is 1. The van der Waals surface area contributed by atoms with Gasteiger partial charge >= 0.3 is 0 Å². The van der Waals surface area contributed by atoms with Crippen LogP contribution in [0.1, 0.15) is 10.4 Å². The molecule has 0 unspecified atom stereocenters. The van der Waals surface area contributed by atoms with Crippen LogP contribution in [0.25, 0.3) is 22.6 Å². The van der Waals surface area contributed by atoms with Crippen molar-refractivity contribution in [2.45, 2.75) is 0 Å². The van der Waals surface area contributed by atoms with Crippen molar-refractivity contribution in [3.8, 4) is 17.2 Å². The Morgan fingerprint density at radius 1 is 1.00 bits per heavy atom. The third-order valence-corrected chi connectivity index (χ3v) is 4.02. The summed E-state index contributed by atoms with van der Waals surface area (Å²) in [6, 6.07) is 22.0. The maximum absolute atomic E-state index is 12.5. The fraction of sp³-hybridized carbons (Fsp3) is 0.0476. The number of carbonyl (C=O) groups is 1. The third-order valence-electron chi connectivity index (χ3n) is 4.02. The van der Waals surface area contributed by atoms with E-state index in [1.807, 2.05) is 48.5 Å². The zero-order chi connectivity index (χ0) is 17.9. The van der Waals surface area contributed by atoms with Crippen molar-refractivity contribution in [2.75, 3.05) is 12.4 Å². The lowest BCUT2D eigenvalue weighted by atomic mass is 10.1. The van der Waals surface area contributed by atoms with Crippen LogP contribution >= 0.6 is 0 Å². The molecule has 0 spiro atoms. The Balaban J connectivity index is 1.70. The molecule has 128 valence electrons. The predicted octanol–water partition coefficient (Wildman–Crippen LogP) is 4.76. The Bertz CT molecular complexity index is 1040. The molecule has 0 fully saturated rings. The number of rotatable bonds is 4. The molecule has 26 heavy (non-hydrogen) atoms. The van der Waals surface area contributed by atoms with Crippen LogP contribution in [-0.4, -0.2) is 18.0 Å². The van der Waals surface area contributed by atoms with Crippen LogP contribution in [0.4, 0.5) is 5.69 Å². The summed E-state index contributed by atoms with van der Waals surface area (Å²) in [6.07, 6.45) is 0. The second-order valence-electron chi connectivity index (χ2n) is 5.72. The van der Waals surface area contributed by atoms with Gasteiger partial charge in [-0.05, 0) is 42.5 Å². The Kier molecular flexibility index (Phi) is 4.11. The number of nitrogens with one attached hydrogen (secondary N) is 1. The molecule has 1 amide bonds. The van der Waals surface area contributed by atoms with Gasteiger partial charge in [-0.3, -0.25) is 4.79 Å². The topological polar surface area (TPSA) is 64.4 Å². The summed E-state index contributed by atoms with van der Waals surface area (Å²) in [7, 11) is 1.56. The average Bonchev–Trinajstić information content (AvgIpc) is 3.13. The summed E-state index contributed by atoms with van der Waals surface area (Å²) < 4.78 is 11.2. The van der Waals surface area contributed by atoms with Crippen molar-refractivity contribution in [2.24, 2.45) is 0 Å². The lowest BCUT2D eigenvalue weighted by Crippen LogP contribution is -2.12. The number of oxazole rings is 1. The zero-order valence-corrected chi connectivity index (χ0v) is 14.1. The molecule has 0 saturated carbocycles. The van der Waals surface area contributed by atoms with Crippen LogP contribution in [0.2, 0.25) is 0 Å². The largest absolute Gasteiger partial charge is 0.495 e. The van der Waals surface area contributed by atoms with Gasteiger partial charge in [0, 0.05) is 11.1 Å². The predicted molar refractivity (Wildman–Crippen MR) is 100 cm³/mol. The standard InChI is InChI=1S/C21H16N2O3/c1-25-18-12-11-15(21-23-16-9-5-6-10-19(16)26-21)13-17(18)22-20(24)14-7-3-2-4-8-14/h2-13H,1H3,(H,22,24). The van der Waals surface area contributed by atoms with Crippen molar-refractivity contribution < 1.29 is 13.9 Å². The molecule has 4 rings (SSSR count). The molecule has 4 aromatic rings. The lowest BCUT2D eigenvalue weighted by molar-refractivity contribution is 0.102. The minimum atomic E-state index is -0.210. The maximum Gasteiger partial charge on any atom is 0.255 e. The minimum absolute atomic E-state index is 0.210. The second-order valence-corrected chi connectivity index (χ2v) is 5.72. The monoisotopic (exact) mass is 344 g/mol. The molecule has 5 nitrogen and oxygen atoms in total. The summed E-state index contributed by atoms with van der Waals surface area (Å²) in [4.78, 5) is 17.0. The summed E-state index contributed by atoms with van der Waals surface area (Å²) in [5, 5.41) is 2.89. The van der Waals surface area contributed by atoms with Crippen LogP contribution < -0.4 is 10.1 Å². The summed E-state index contributed by atoms with van der Waals surface area (Å²) in [5.41, 5.74) is 3.38. The first kappa shape index (κ1) is 15.9. The number of fused-ring (bicyclic) bond motifs is 1. The molecule has 1 heterocycles. The van der Waals surface area contributed by atoms with Gasteiger partial charge in [-0.15, -0.1) is 0 Å². The van der Waals surface area contributed by atoms with Crippen molar-refractivity contribution >= 4 is 22.7 Å². The molecule has 5 heteroatoms. The van der Waals surface area contributed by atoms with E-state index in [4.69, 9.17) is 9.15 Å². The summed E-state index contributed by atoms with van der Waals surface area (Å²) in [6.45, 7) is 0. The fourth-order valence-electron chi connectivity index (χ4n) is 2.72. The number of para-hydroxylation sites is 2. The van der Waals surface area contributed by atoms with Crippen molar-refractivity contribution in [3.05, 3.63) is 78.4 Å². The molecule has 0 aliphatic carbocycles. The Morgan fingerprint density at radius 2 is 1.77 bits per heavy atom. The zero-order valence-electron chi connectivity index (χ0n) is 14.1. The average molecular weight is 344 g/mol. The van der Waals surface area contributed by atoms with E-state index in [1.165, 1.54) is 0 Å². The van der Waals surface area contributed by atoms with Gasteiger partial charge in [0.05, 0.1) is 12.8 Å². The number of amides is 1. The van der Waals surface area contributed by atoms with Crippen LogP contribution in [0, 0.1) is 0 Å². The van der Waals surface area contributed by atoms with E-state index in [9.17, 15) is 4.79 Å². The molecule has 3 aromatic carbocycles. The molecule has 1 aromatic heterocycles. The van der Waals surface area contributed by atoms with Gasteiger partial charge in [0.15, 0.2) is 5.58 Å². The van der Waals surface area contributed by atoms with Crippen molar-refractivity contribution in [3.63, 3.8) is 0 Å². The normalized spacial score (nSPS) is 10.7. The number of benzene rings is 3. The van der Waals surface area contributed by atoms with Gasteiger partial charge in [0.25, 0.3) is 5.91 Å². The molecule has 0 aliphatic rings. The highest BCUT2D eigenvalue weighted by Crippen LogP contribution is 2.32. The molecular weight excluding hydrogens is 328 g/mol. The number of ether oxygens (including phenoxy) is 1. The van der Waals surface area contributed by atoms with Crippen LogP contribution in [0.3, 0.4) is 0 Å². The highest BCUT2D eigenvalue weighted by Gasteiger charge is 2.14. The number of carbonyl (C=O) groups excluding carboxylic acids is 1. The Labute approximate surface area is 150 Å². The van der Waals surface area contributed by atoms with E-state index < -0.39 is 0 Å². The molecule has 0 bridgehead atoms. The fourth-order valence-corrected chi connectivity index (χ4v) is 2.72. The summed E-state index contributed by atoms with van der Waals surface area (Å²) in [5.74, 6) is 0.844. The van der Waals surface area contributed by atoms with Gasteiger partial charge in [-0.1, -0.05) is 30.3 Å². The molecule has 0 atom stereocenters. The van der Waals surface area contributed by atoms with E-state index in [2.05, 4.69) is 10.3 Å². The van der Waals surface area contributed by atoms with Crippen LogP contribution in [-0.2, 0) is 0 Å². The lowest BCUT2D eigenvalue weighted by Gasteiger charge is -2.11. The quantitative estimate of drug-likeness (QED) is 0.580. The number of methoxy groups -OCH3 is 1. The smallest absolute Gasteiger partial charge is 0.255 e. The van der Waals surface area contributed by atoms with Crippen LogP contribution in [0.5, 0.6) is 5.75 Å². The van der Waals surface area contributed by atoms with Gasteiger partial charge in [0.1, 0.15) is 11.3 Å². The van der Waals surface area contributed by atoms with Gasteiger partial charge in [0.2, 0.25) is 5.89 Å². The highest BCUT2D eigenvalue weighted by molar-refractivity contribution is 6.05. The third kappa shape index (κ3) is 3.02. The first-order valence-electron chi connectivity index (χ1n) is 8.15. The van der Waals surface area contributed by atoms with E-state index in [1.54, 1.807) is 31.4 Å². The highest BCUT2D eigenvalue weighted by atomic mass is 16.5. The second kappa shape index (κ2) is 6.72. The van der Waals surface area contributed by atoms with E-state index in [0.717, 1.165) is 11.1 Å². The molecule has 0 radical (unpaired) electrons. The first-order chi connectivity index (χ1) is 12.7. The molecule has 0 aliphatic heterocycles. The molecule has 0 saturated heterocycles. The van der Waals surface area contributed by atoms with Crippen molar-refractivity contribution in [1.29, 1.82) is 0 Å². The van der Waals surface area contributed by atoms with Gasteiger partial charge in [-0.25, -0.2) is 4.98 Å². The van der Waals surface area contributed by atoms with Crippen molar-refractivity contribution in [1.82, 2.24) is 4.98 Å². The number of anilines is 1. The van der Waals surface area contributed by atoms with E-state index >= 15 is 0 Å². The van der Waals surface area contributed by atoms with E-state index in [0.29, 0.717) is 28.5 Å². The van der Waals surface area contributed by atoms with Crippen LogP contribution in [0.15, 0.2) is 77.2 Å². The number of nitrogens with zero attached hydrogens (tertiary/aromatic N) is 1. The molecule has 1 N–H and O–H groups in total. The van der Waals surface area contributed by atoms with Gasteiger partial charge < -0.3 is 14.5 Å². The minimum Gasteiger partial charge on any atom is -0.495 e. The maximum atomic E-state index is 12.5. The Morgan fingerprint density at radius 3 is 2.54 bits per heavy atom. The Hall–Kier alpha value is -3.60. The number of aromatic nitrogens is 1.